The lowest BCUT2D eigenvalue weighted by molar-refractivity contribution is 0.0921. The van der Waals surface area contributed by atoms with E-state index in [0.29, 0.717) is 18.5 Å². The molecule has 1 amide bonds. The third-order valence-corrected chi connectivity index (χ3v) is 4.10. The molecule has 1 aromatic carbocycles. The second-order valence-corrected chi connectivity index (χ2v) is 5.60. The number of benzene rings is 1. The summed E-state index contributed by atoms with van der Waals surface area (Å²) in [6, 6.07) is 7.90. The van der Waals surface area contributed by atoms with Crippen LogP contribution < -0.4 is 11.1 Å². The summed E-state index contributed by atoms with van der Waals surface area (Å²) in [6.07, 6.45) is 6.12. The minimum atomic E-state index is 0.0362. The monoisotopic (exact) mass is 260 g/mol. The highest BCUT2D eigenvalue weighted by Crippen LogP contribution is 2.23. The van der Waals surface area contributed by atoms with Crippen LogP contribution in [-0.4, -0.2) is 11.9 Å². The second kappa shape index (κ2) is 6.71. The van der Waals surface area contributed by atoms with E-state index in [1.165, 1.54) is 25.7 Å². The zero-order valence-electron chi connectivity index (χ0n) is 11.7. The van der Waals surface area contributed by atoms with E-state index in [9.17, 15) is 4.79 Å². The molecule has 2 unspecified atom stereocenters. The van der Waals surface area contributed by atoms with E-state index in [1.807, 2.05) is 24.3 Å². The Kier molecular flexibility index (Phi) is 4.97. The molecule has 3 nitrogen and oxygen atoms in total. The van der Waals surface area contributed by atoms with Gasteiger partial charge < -0.3 is 11.1 Å². The molecule has 0 saturated heterocycles. The normalized spacial score (nSPS) is 23.7. The van der Waals surface area contributed by atoms with Crippen molar-refractivity contribution in [3.8, 4) is 0 Å². The second-order valence-electron chi connectivity index (χ2n) is 5.60. The van der Waals surface area contributed by atoms with Crippen molar-refractivity contribution in [2.24, 2.45) is 11.7 Å². The lowest BCUT2D eigenvalue weighted by Gasteiger charge is -2.23. The number of amides is 1. The smallest absolute Gasteiger partial charge is 0.251 e. The van der Waals surface area contributed by atoms with E-state index in [-0.39, 0.29) is 5.91 Å². The van der Waals surface area contributed by atoms with Crippen LogP contribution in [-0.2, 0) is 6.54 Å². The molecule has 0 bridgehead atoms. The van der Waals surface area contributed by atoms with E-state index < -0.39 is 0 Å². The molecule has 3 N–H and O–H groups in total. The molecule has 0 spiro atoms. The number of rotatable bonds is 3. The molecule has 19 heavy (non-hydrogen) atoms. The molecular weight excluding hydrogens is 236 g/mol. The van der Waals surface area contributed by atoms with Crippen LogP contribution in [0.5, 0.6) is 0 Å². The Hall–Kier alpha value is -1.35. The Balaban J connectivity index is 2.02. The van der Waals surface area contributed by atoms with Gasteiger partial charge in [-0.1, -0.05) is 38.3 Å². The molecule has 1 aliphatic carbocycles. The number of hydrogen-bond acceptors (Lipinski definition) is 2. The van der Waals surface area contributed by atoms with Crippen molar-refractivity contribution in [1.29, 1.82) is 0 Å². The van der Waals surface area contributed by atoms with Crippen LogP contribution in [0.2, 0.25) is 0 Å². The molecule has 3 heteroatoms. The Morgan fingerprint density at radius 3 is 2.89 bits per heavy atom. The summed E-state index contributed by atoms with van der Waals surface area (Å²) in [7, 11) is 0. The molecule has 1 saturated carbocycles. The zero-order chi connectivity index (χ0) is 13.7. The zero-order valence-corrected chi connectivity index (χ0v) is 11.7. The summed E-state index contributed by atoms with van der Waals surface area (Å²) in [5.74, 6) is 0.609. The van der Waals surface area contributed by atoms with Crippen molar-refractivity contribution in [2.45, 2.75) is 51.6 Å². The molecule has 1 aliphatic rings. The van der Waals surface area contributed by atoms with Gasteiger partial charge in [0.05, 0.1) is 0 Å². The van der Waals surface area contributed by atoms with E-state index in [1.54, 1.807) is 0 Å². The van der Waals surface area contributed by atoms with Gasteiger partial charge in [0.15, 0.2) is 0 Å². The fraction of sp³-hybridized carbons (Fsp3) is 0.562. The highest BCUT2D eigenvalue weighted by molar-refractivity contribution is 5.94. The van der Waals surface area contributed by atoms with E-state index in [0.717, 1.165) is 17.5 Å². The van der Waals surface area contributed by atoms with Crippen molar-refractivity contribution in [3.05, 3.63) is 35.4 Å². The fourth-order valence-electron chi connectivity index (χ4n) is 2.80. The lowest BCUT2D eigenvalue weighted by Crippen LogP contribution is -2.38. The van der Waals surface area contributed by atoms with Crippen molar-refractivity contribution in [3.63, 3.8) is 0 Å². The Morgan fingerprint density at radius 2 is 2.11 bits per heavy atom. The van der Waals surface area contributed by atoms with Crippen molar-refractivity contribution < 1.29 is 4.79 Å². The topological polar surface area (TPSA) is 55.1 Å². The van der Waals surface area contributed by atoms with Gasteiger partial charge >= 0.3 is 0 Å². The number of carbonyl (C=O) groups excluding carboxylic acids is 1. The highest BCUT2D eigenvalue weighted by Gasteiger charge is 2.21. The van der Waals surface area contributed by atoms with Gasteiger partial charge in [-0.15, -0.1) is 0 Å². The minimum Gasteiger partial charge on any atom is -0.349 e. The van der Waals surface area contributed by atoms with Gasteiger partial charge in [0.25, 0.3) is 5.91 Å². The third-order valence-electron chi connectivity index (χ3n) is 4.10. The standard InChI is InChI=1S/C16H24N2O/c1-12-6-3-2-4-9-15(12)18-16(19)14-8-5-7-13(10-14)11-17/h5,7-8,10,12,15H,2-4,6,9,11,17H2,1H3,(H,18,19). The predicted molar refractivity (Wildman–Crippen MR) is 77.8 cm³/mol. The van der Waals surface area contributed by atoms with Gasteiger partial charge in [0.2, 0.25) is 0 Å². The summed E-state index contributed by atoms with van der Waals surface area (Å²) in [5, 5.41) is 3.20. The van der Waals surface area contributed by atoms with Gasteiger partial charge in [0, 0.05) is 18.2 Å². The van der Waals surface area contributed by atoms with Crippen LogP contribution >= 0.6 is 0 Å². The molecule has 104 valence electrons. The average Bonchev–Trinajstić information content (AvgIpc) is 2.64. The molecule has 1 fully saturated rings. The summed E-state index contributed by atoms with van der Waals surface area (Å²) in [4.78, 5) is 12.3. The first-order valence-electron chi connectivity index (χ1n) is 7.30. The molecular formula is C16H24N2O. The SMILES string of the molecule is CC1CCCCCC1NC(=O)c1cccc(CN)c1. The van der Waals surface area contributed by atoms with Gasteiger partial charge in [-0.25, -0.2) is 0 Å². The predicted octanol–water partition coefficient (Wildman–Crippen LogP) is 2.84. The molecule has 0 aliphatic heterocycles. The molecule has 0 aromatic heterocycles. The van der Waals surface area contributed by atoms with Gasteiger partial charge in [-0.05, 0) is 36.5 Å². The summed E-state index contributed by atoms with van der Waals surface area (Å²) >= 11 is 0. The highest BCUT2D eigenvalue weighted by atomic mass is 16.1. The van der Waals surface area contributed by atoms with Crippen molar-refractivity contribution in [2.75, 3.05) is 0 Å². The Labute approximate surface area is 115 Å². The maximum atomic E-state index is 12.3. The number of carbonyl (C=O) groups is 1. The number of nitrogens with two attached hydrogens (primary N) is 1. The first-order valence-corrected chi connectivity index (χ1v) is 7.30. The average molecular weight is 260 g/mol. The fourth-order valence-corrected chi connectivity index (χ4v) is 2.80. The molecule has 2 atom stereocenters. The quantitative estimate of drug-likeness (QED) is 0.821. The molecule has 2 rings (SSSR count). The van der Waals surface area contributed by atoms with Crippen molar-refractivity contribution >= 4 is 5.91 Å². The van der Waals surface area contributed by atoms with Crippen LogP contribution in [0.15, 0.2) is 24.3 Å². The Bertz CT molecular complexity index is 431. The van der Waals surface area contributed by atoms with E-state index >= 15 is 0 Å². The number of hydrogen-bond donors (Lipinski definition) is 2. The van der Waals surface area contributed by atoms with Crippen LogP contribution in [0.4, 0.5) is 0 Å². The van der Waals surface area contributed by atoms with E-state index in [2.05, 4.69) is 12.2 Å². The van der Waals surface area contributed by atoms with E-state index in [4.69, 9.17) is 5.73 Å². The minimum absolute atomic E-state index is 0.0362. The first kappa shape index (κ1) is 14.1. The van der Waals surface area contributed by atoms with Gasteiger partial charge in [-0.3, -0.25) is 4.79 Å². The number of nitrogens with one attached hydrogen (secondary N) is 1. The lowest BCUT2D eigenvalue weighted by atomic mass is 9.96. The largest absolute Gasteiger partial charge is 0.349 e. The van der Waals surface area contributed by atoms with Crippen LogP contribution in [0, 0.1) is 5.92 Å². The van der Waals surface area contributed by atoms with Gasteiger partial charge in [0.1, 0.15) is 0 Å². The van der Waals surface area contributed by atoms with Crippen LogP contribution in [0.25, 0.3) is 0 Å². The first-order chi connectivity index (χ1) is 9.20. The van der Waals surface area contributed by atoms with Gasteiger partial charge in [-0.2, -0.15) is 0 Å². The molecule has 0 radical (unpaired) electrons. The summed E-state index contributed by atoms with van der Waals surface area (Å²) < 4.78 is 0. The summed E-state index contributed by atoms with van der Waals surface area (Å²) in [6.45, 7) is 2.72. The van der Waals surface area contributed by atoms with Crippen LogP contribution in [0.3, 0.4) is 0 Å². The Morgan fingerprint density at radius 1 is 1.32 bits per heavy atom. The molecule has 1 aromatic rings. The maximum absolute atomic E-state index is 12.3. The molecule has 0 heterocycles. The summed E-state index contributed by atoms with van der Waals surface area (Å²) in [5.41, 5.74) is 7.34. The maximum Gasteiger partial charge on any atom is 0.251 e. The van der Waals surface area contributed by atoms with Crippen molar-refractivity contribution in [1.82, 2.24) is 5.32 Å². The third kappa shape index (κ3) is 3.80. The van der Waals surface area contributed by atoms with Crippen LogP contribution in [0.1, 0.15) is 54.9 Å².